The SMILES string of the molecule is Oc1ccc2oc3c(-c4ccccc4)cccc3c2c1-c1cccc2c1oc1c(-c3ccccc3)cccc12. The minimum atomic E-state index is 0.187. The summed E-state index contributed by atoms with van der Waals surface area (Å²) in [5.74, 6) is 0.187. The third-order valence-corrected chi connectivity index (χ3v) is 7.60. The van der Waals surface area contributed by atoms with Gasteiger partial charge < -0.3 is 13.9 Å². The van der Waals surface area contributed by atoms with Gasteiger partial charge in [0.05, 0.1) is 0 Å². The van der Waals surface area contributed by atoms with E-state index in [1.54, 1.807) is 6.07 Å². The van der Waals surface area contributed by atoms with E-state index in [0.29, 0.717) is 5.56 Å². The summed E-state index contributed by atoms with van der Waals surface area (Å²) in [5, 5.41) is 15.2. The Hall–Kier alpha value is -5.28. The summed E-state index contributed by atoms with van der Waals surface area (Å²) >= 11 is 0. The van der Waals surface area contributed by atoms with Crippen molar-refractivity contribution in [1.29, 1.82) is 0 Å². The molecule has 0 aliphatic rings. The lowest BCUT2D eigenvalue weighted by molar-refractivity contribution is 0.477. The van der Waals surface area contributed by atoms with Crippen LogP contribution in [0, 0.1) is 0 Å². The van der Waals surface area contributed by atoms with Crippen LogP contribution in [0.3, 0.4) is 0 Å². The normalized spacial score (nSPS) is 11.7. The zero-order valence-electron chi connectivity index (χ0n) is 20.9. The lowest BCUT2D eigenvalue weighted by Gasteiger charge is -2.08. The quantitative estimate of drug-likeness (QED) is 0.261. The predicted molar refractivity (Wildman–Crippen MR) is 159 cm³/mol. The molecule has 3 heteroatoms. The Morgan fingerprint density at radius 3 is 1.54 bits per heavy atom. The molecule has 0 atom stereocenters. The van der Waals surface area contributed by atoms with Crippen LogP contribution in [0.25, 0.3) is 77.3 Å². The highest BCUT2D eigenvalue weighted by molar-refractivity contribution is 6.20. The van der Waals surface area contributed by atoms with Gasteiger partial charge in [-0.25, -0.2) is 0 Å². The summed E-state index contributed by atoms with van der Waals surface area (Å²) in [6.45, 7) is 0. The van der Waals surface area contributed by atoms with E-state index in [9.17, 15) is 5.11 Å². The van der Waals surface area contributed by atoms with E-state index < -0.39 is 0 Å². The fraction of sp³-hybridized carbons (Fsp3) is 0. The van der Waals surface area contributed by atoms with Crippen LogP contribution in [0.15, 0.2) is 136 Å². The van der Waals surface area contributed by atoms with Gasteiger partial charge in [0.2, 0.25) is 0 Å². The maximum Gasteiger partial charge on any atom is 0.143 e. The van der Waals surface area contributed by atoms with Crippen molar-refractivity contribution in [3.8, 4) is 39.1 Å². The van der Waals surface area contributed by atoms with Crippen LogP contribution >= 0.6 is 0 Å². The number of hydrogen-bond acceptors (Lipinski definition) is 3. The molecule has 3 nitrogen and oxygen atoms in total. The Labute approximate surface area is 224 Å². The molecule has 0 saturated carbocycles. The van der Waals surface area contributed by atoms with Gasteiger partial charge in [-0.2, -0.15) is 0 Å². The molecular weight excluding hydrogens is 480 g/mol. The summed E-state index contributed by atoms with van der Waals surface area (Å²) in [4.78, 5) is 0. The van der Waals surface area contributed by atoms with E-state index in [2.05, 4.69) is 60.7 Å². The Morgan fingerprint density at radius 2 is 0.923 bits per heavy atom. The van der Waals surface area contributed by atoms with Crippen molar-refractivity contribution in [3.05, 3.63) is 127 Å². The van der Waals surface area contributed by atoms with E-state index in [1.807, 2.05) is 60.7 Å². The van der Waals surface area contributed by atoms with Crippen molar-refractivity contribution < 1.29 is 13.9 Å². The molecule has 2 aromatic heterocycles. The van der Waals surface area contributed by atoms with Crippen LogP contribution < -0.4 is 0 Å². The second kappa shape index (κ2) is 8.37. The lowest BCUT2D eigenvalue weighted by Crippen LogP contribution is -1.83. The number of para-hydroxylation sites is 3. The second-order valence-electron chi connectivity index (χ2n) is 9.82. The van der Waals surface area contributed by atoms with Crippen molar-refractivity contribution in [1.82, 2.24) is 0 Å². The Morgan fingerprint density at radius 1 is 0.410 bits per heavy atom. The van der Waals surface area contributed by atoms with Crippen molar-refractivity contribution >= 4 is 43.9 Å². The Balaban J connectivity index is 1.45. The molecule has 0 amide bonds. The highest BCUT2D eigenvalue weighted by atomic mass is 16.3. The monoisotopic (exact) mass is 502 g/mol. The molecule has 0 bridgehead atoms. The molecular formula is C36H22O3. The average Bonchev–Trinajstić information content (AvgIpc) is 3.57. The Bertz CT molecular complexity index is 2170. The topological polar surface area (TPSA) is 46.5 Å². The number of rotatable bonds is 3. The predicted octanol–water partition coefficient (Wildman–Crippen LogP) is 10.2. The van der Waals surface area contributed by atoms with Gasteiger partial charge in [-0.15, -0.1) is 0 Å². The third-order valence-electron chi connectivity index (χ3n) is 7.60. The molecule has 39 heavy (non-hydrogen) atoms. The van der Waals surface area contributed by atoms with Gasteiger partial charge in [-0.05, 0) is 23.3 Å². The first kappa shape index (κ1) is 21.8. The van der Waals surface area contributed by atoms with Crippen LogP contribution in [-0.4, -0.2) is 5.11 Å². The summed E-state index contributed by atoms with van der Waals surface area (Å²) in [6.07, 6.45) is 0. The van der Waals surface area contributed by atoms with Crippen LogP contribution in [0.4, 0.5) is 0 Å². The smallest absolute Gasteiger partial charge is 0.143 e. The molecule has 8 rings (SSSR count). The molecule has 0 saturated heterocycles. The fourth-order valence-corrected chi connectivity index (χ4v) is 5.86. The van der Waals surface area contributed by atoms with Crippen molar-refractivity contribution in [3.63, 3.8) is 0 Å². The molecule has 0 aliphatic heterocycles. The Kier molecular flexibility index (Phi) is 4.67. The molecule has 184 valence electrons. The van der Waals surface area contributed by atoms with Crippen LogP contribution in [-0.2, 0) is 0 Å². The number of aromatic hydroxyl groups is 1. The standard InChI is InChI=1S/C36H22O3/c37-30-20-21-31-33(29-19-8-15-25(35(29)38-31)23-12-5-2-6-13-23)32(30)28-18-9-17-27-26-16-7-14-24(34(26)39-36(27)28)22-10-3-1-4-11-22/h1-21,37H. The number of furan rings is 2. The van der Waals surface area contributed by atoms with Gasteiger partial charge in [-0.3, -0.25) is 0 Å². The van der Waals surface area contributed by atoms with E-state index in [4.69, 9.17) is 8.83 Å². The van der Waals surface area contributed by atoms with E-state index in [-0.39, 0.29) is 5.75 Å². The zero-order valence-corrected chi connectivity index (χ0v) is 20.9. The number of benzene rings is 6. The largest absolute Gasteiger partial charge is 0.507 e. The maximum atomic E-state index is 11.3. The maximum absolute atomic E-state index is 11.3. The molecule has 8 aromatic rings. The van der Waals surface area contributed by atoms with Gasteiger partial charge in [0, 0.05) is 43.8 Å². The van der Waals surface area contributed by atoms with Gasteiger partial charge in [0.25, 0.3) is 0 Å². The number of hydrogen-bond donors (Lipinski definition) is 1. The fourth-order valence-electron chi connectivity index (χ4n) is 5.86. The van der Waals surface area contributed by atoms with Gasteiger partial charge in [-0.1, -0.05) is 115 Å². The van der Waals surface area contributed by atoms with Gasteiger partial charge >= 0.3 is 0 Å². The molecule has 0 aliphatic carbocycles. The highest BCUT2D eigenvalue weighted by Crippen LogP contribution is 2.47. The number of phenolic OH excluding ortho intramolecular Hbond substituents is 1. The van der Waals surface area contributed by atoms with Crippen molar-refractivity contribution in [2.24, 2.45) is 0 Å². The van der Waals surface area contributed by atoms with Crippen LogP contribution in [0.5, 0.6) is 5.75 Å². The summed E-state index contributed by atoms with van der Waals surface area (Å²) in [5.41, 5.74) is 8.88. The number of phenols is 1. The van der Waals surface area contributed by atoms with E-state index in [0.717, 1.165) is 71.7 Å². The van der Waals surface area contributed by atoms with Crippen LogP contribution in [0.1, 0.15) is 0 Å². The van der Waals surface area contributed by atoms with Crippen LogP contribution in [0.2, 0.25) is 0 Å². The summed E-state index contributed by atoms with van der Waals surface area (Å²) in [6, 6.07) is 42.6. The molecule has 2 heterocycles. The summed E-state index contributed by atoms with van der Waals surface area (Å²) in [7, 11) is 0. The highest BCUT2D eigenvalue weighted by Gasteiger charge is 2.22. The minimum Gasteiger partial charge on any atom is -0.507 e. The molecule has 6 aromatic carbocycles. The number of fused-ring (bicyclic) bond motifs is 6. The molecule has 0 radical (unpaired) electrons. The first-order chi connectivity index (χ1) is 19.3. The molecule has 0 fully saturated rings. The molecule has 0 spiro atoms. The first-order valence-corrected chi connectivity index (χ1v) is 13.0. The average molecular weight is 503 g/mol. The summed E-state index contributed by atoms with van der Waals surface area (Å²) < 4.78 is 13.1. The molecule has 0 unspecified atom stereocenters. The lowest BCUT2D eigenvalue weighted by atomic mass is 9.95. The first-order valence-electron chi connectivity index (χ1n) is 13.0. The minimum absolute atomic E-state index is 0.187. The van der Waals surface area contributed by atoms with E-state index >= 15 is 0 Å². The van der Waals surface area contributed by atoms with E-state index in [1.165, 1.54) is 0 Å². The van der Waals surface area contributed by atoms with Crippen molar-refractivity contribution in [2.75, 3.05) is 0 Å². The zero-order chi connectivity index (χ0) is 25.9. The van der Waals surface area contributed by atoms with Crippen molar-refractivity contribution in [2.45, 2.75) is 0 Å². The van der Waals surface area contributed by atoms with Gasteiger partial charge in [0.1, 0.15) is 28.1 Å². The third kappa shape index (κ3) is 3.23. The molecule has 1 N–H and O–H groups in total. The second-order valence-corrected chi connectivity index (χ2v) is 9.82. The van der Waals surface area contributed by atoms with Gasteiger partial charge in [0.15, 0.2) is 0 Å².